The molecule has 9 heteroatoms. The van der Waals surface area contributed by atoms with Crippen LogP contribution in [0.2, 0.25) is 0 Å². The van der Waals surface area contributed by atoms with E-state index in [0.29, 0.717) is 17.9 Å². The second-order valence-electron chi connectivity index (χ2n) is 4.74. The molecule has 0 fully saturated rings. The molecule has 0 spiro atoms. The molecule has 0 aliphatic rings. The maximum absolute atomic E-state index is 11.9. The number of nitrogens with one attached hydrogen (secondary N) is 1. The summed E-state index contributed by atoms with van der Waals surface area (Å²) in [6.45, 7) is 1.89. The second-order valence-corrected chi connectivity index (χ2v) is 4.74. The number of benzene rings is 1. The quantitative estimate of drug-likeness (QED) is 0.402. The van der Waals surface area contributed by atoms with Crippen LogP contribution < -0.4 is 10.1 Å². The van der Waals surface area contributed by atoms with E-state index in [1.54, 1.807) is 6.92 Å². The number of carbonyl (C=O) groups is 2. The molecule has 1 amide bonds. The topological polar surface area (TPSA) is 117 Å². The number of hydrogen-bond acceptors (Lipinski definition) is 7. The number of esters is 1. The molecule has 1 rings (SSSR count). The molecule has 1 aromatic rings. The predicted molar refractivity (Wildman–Crippen MR) is 83.8 cm³/mol. The summed E-state index contributed by atoms with van der Waals surface area (Å²) in [6, 6.07) is 3.01. The number of methoxy groups -OCH3 is 2. The lowest BCUT2D eigenvalue weighted by Crippen LogP contribution is -2.44. The van der Waals surface area contributed by atoms with Gasteiger partial charge in [-0.05, 0) is 13.0 Å². The minimum absolute atomic E-state index is 0.0185. The summed E-state index contributed by atoms with van der Waals surface area (Å²) in [5, 5.41) is 13.4. The van der Waals surface area contributed by atoms with Gasteiger partial charge in [0.25, 0.3) is 5.69 Å². The first-order valence-electron chi connectivity index (χ1n) is 7.19. The Morgan fingerprint density at radius 3 is 2.58 bits per heavy atom. The van der Waals surface area contributed by atoms with E-state index in [1.807, 2.05) is 0 Å². The molecule has 1 aromatic carbocycles. The zero-order chi connectivity index (χ0) is 18.1. The number of amides is 1. The number of nitro groups is 1. The normalized spacial score (nSPS) is 11.5. The molecule has 1 N–H and O–H groups in total. The van der Waals surface area contributed by atoms with Crippen LogP contribution in [-0.4, -0.2) is 50.3 Å². The molecule has 0 radical (unpaired) electrons. The van der Waals surface area contributed by atoms with Crippen LogP contribution in [0, 0.1) is 10.1 Å². The Morgan fingerprint density at radius 1 is 1.33 bits per heavy atom. The van der Waals surface area contributed by atoms with Gasteiger partial charge in [-0.15, -0.1) is 0 Å². The van der Waals surface area contributed by atoms with Crippen LogP contribution in [0.1, 0.15) is 12.5 Å². The molecule has 0 unspecified atom stereocenters. The van der Waals surface area contributed by atoms with E-state index < -0.39 is 22.8 Å². The molecule has 0 heterocycles. The highest BCUT2D eigenvalue weighted by molar-refractivity contribution is 5.85. The Bertz CT molecular complexity index is 603. The van der Waals surface area contributed by atoms with Crippen LogP contribution in [0.25, 0.3) is 0 Å². The highest BCUT2D eigenvalue weighted by Crippen LogP contribution is 2.25. The van der Waals surface area contributed by atoms with Crippen LogP contribution in [0.4, 0.5) is 5.69 Å². The first-order valence-corrected chi connectivity index (χ1v) is 7.19. The van der Waals surface area contributed by atoms with Gasteiger partial charge in [-0.1, -0.05) is 0 Å². The molecule has 0 aliphatic carbocycles. The van der Waals surface area contributed by atoms with Gasteiger partial charge in [-0.25, -0.2) is 4.79 Å². The molecule has 1 atom stereocenters. The third-order valence-electron chi connectivity index (χ3n) is 3.16. The lowest BCUT2D eigenvalue weighted by Gasteiger charge is -2.18. The van der Waals surface area contributed by atoms with Gasteiger partial charge < -0.3 is 19.5 Å². The zero-order valence-corrected chi connectivity index (χ0v) is 13.7. The number of ether oxygens (including phenoxy) is 3. The Hall–Kier alpha value is -2.68. The van der Waals surface area contributed by atoms with Crippen molar-refractivity contribution in [1.82, 2.24) is 5.32 Å². The van der Waals surface area contributed by atoms with E-state index in [9.17, 15) is 19.7 Å². The molecule has 0 saturated carbocycles. The molecule has 0 aliphatic heterocycles. The van der Waals surface area contributed by atoms with Crippen LogP contribution in [0.3, 0.4) is 0 Å². The fourth-order valence-electron chi connectivity index (χ4n) is 2.02. The Kier molecular flexibility index (Phi) is 7.63. The van der Waals surface area contributed by atoms with E-state index in [1.165, 1.54) is 32.4 Å². The summed E-state index contributed by atoms with van der Waals surface area (Å²) >= 11 is 0. The van der Waals surface area contributed by atoms with Gasteiger partial charge in [-0.2, -0.15) is 0 Å². The van der Waals surface area contributed by atoms with Crippen LogP contribution in [0.15, 0.2) is 18.2 Å². The lowest BCUT2D eigenvalue weighted by molar-refractivity contribution is -0.384. The third kappa shape index (κ3) is 5.51. The Balaban J connectivity index is 3.00. The van der Waals surface area contributed by atoms with Crippen molar-refractivity contribution >= 4 is 17.6 Å². The molecule has 9 nitrogen and oxygen atoms in total. The zero-order valence-electron chi connectivity index (χ0n) is 13.7. The van der Waals surface area contributed by atoms with E-state index in [2.05, 4.69) is 10.1 Å². The number of carbonyl (C=O) groups excluding carboxylic acids is 2. The van der Waals surface area contributed by atoms with E-state index in [-0.39, 0.29) is 18.7 Å². The standard InChI is InChI=1S/C15H20N2O7/c1-4-24-9-14(18)16-12(15(19)23-3)8-10-7-11(17(20)21)5-6-13(10)22-2/h5-7,12H,4,8-9H2,1-3H3,(H,16,18)/t12-/m1/s1. The molecular formula is C15H20N2O7. The van der Waals surface area contributed by atoms with Crippen LogP contribution in [-0.2, 0) is 25.5 Å². The number of non-ortho nitro benzene ring substituents is 1. The summed E-state index contributed by atoms with van der Waals surface area (Å²) in [5.41, 5.74) is 0.258. The molecular weight excluding hydrogens is 320 g/mol. The van der Waals surface area contributed by atoms with Crippen molar-refractivity contribution in [1.29, 1.82) is 0 Å². The maximum Gasteiger partial charge on any atom is 0.328 e. The first kappa shape index (κ1) is 19.4. The summed E-state index contributed by atoms with van der Waals surface area (Å²) in [7, 11) is 2.60. The van der Waals surface area contributed by atoms with Crippen molar-refractivity contribution in [2.24, 2.45) is 0 Å². The Labute approximate surface area is 139 Å². The number of nitrogens with zero attached hydrogens (tertiary/aromatic N) is 1. The van der Waals surface area contributed by atoms with Gasteiger partial charge >= 0.3 is 5.97 Å². The highest BCUT2D eigenvalue weighted by Gasteiger charge is 2.24. The van der Waals surface area contributed by atoms with Gasteiger partial charge in [-0.3, -0.25) is 14.9 Å². The van der Waals surface area contributed by atoms with Crippen LogP contribution in [0.5, 0.6) is 5.75 Å². The molecule has 132 valence electrons. The predicted octanol–water partition coefficient (Wildman–Crippen LogP) is 0.840. The summed E-state index contributed by atoms with van der Waals surface area (Å²) in [4.78, 5) is 34.0. The average Bonchev–Trinajstić information content (AvgIpc) is 2.58. The van der Waals surface area contributed by atoms with Crippen molar-refractivity contribution in [2.45, 2.75) is 19.4 Å². The highest BCUT2D eigenvalue weighted by atomic mass is 16.6. The van der Waals surface area contributed by atoms with E-state index >= 15 is 0 Å². The molecule has 0 bridgehead atoms. The Morgan fingerprint density at radius 2 is 2.04 bits per heavy atom. The third-order valence-corrected chi connectivity index (χ3v) is 3.16. The number of nitro benzene ring substituents is 1. The smallest absolute Gasteiger partial charge is 0.328 e. The van der Waals surface area contributed by atoms with Gasteiger partial charge in [0.05, 0.1) is 19.1 Å². The summed E-state index contributed by atoms with van der Waals surface area (Å²) < 4.78 is 14.8. The van der Waals surface area contributed by atoms with E-state index in [0.717, 1.165) is 0 Å². The number of rotatable bonds is 9. The van der Waals surface area contributed by atoms with Gasteiger partial charge in [0.1, 0.15) is 18.4 Å². The van der Waals surface area contributed by atoms with Crippen molar-refractivity contribution in [2.75, 3.05) is 27.4 Å². The second kappa shape index (κ2) is 9.46. The monoisotopic (exact) mass is 340 g/mol. The molecule has 24 heavy (non-hydrogen) atoms. The van der Waals surface area contributed by atoms with Gasteiger partial charge in [0.15, 0.2) is 0 Å². The average molecular weight is 340 g/mol. The fourth-order valence-corrected chi connectivity index (χ4v) is 2.02. The summed E-state index contributed by atoms with van der Waals surface area (Å²) in [6.07, 6.45) is -0.0185. The van der Waals surface area contributed by atoms with Gasteiger partial charge in [0.2, 0.25) is 5.91 Å². The van der Waals surface area contributed by atoms with Crippen molar-refractivity contribution in [3.8, 4) is 5.75 Å². The summed E-state index contributed by atoms with van der Waals surface area (Å²) in [5.74, 6) is -0.793. The van der Waals surface area contributed by atoms with Crippen LogP contribution >= 0.6 is 0 Å². The minimum Gasteiger partial charge on any atom is -0.496 e. The lowest BCUT2D eigenvalue weighted by atomic mass is 10.0. The van der Waals surface area contributed by atoms with Crippen molar-refractivity contribution in [3.63, 3.8) is 0 Å². The van der Waals surface area contributed by atoms with Crippen molar-refractivity contribution in [3.05, 3.63) is 33.9 Å². The number of hydrogen-bond donors (Lipinski definition) is 1. The van der Waals surface area contributed by atoms with E-state index in [4.69, 9.17) is 9.47 Å². The molecule has 0 saturated heterocycles. The fraction of sp³-hybridized carbons (Fsp3) is 0.467. The SMILES string of the molecule is CCOCC(=O)N[C@H](Cc1cc([N+](=O)[O-])ccc1OC)C(=O)OC. The molecule has 0 aromatic heterocycles. The minimum atomic E-state index is -1.01. The van der Waals surface area contributed by atoms with Gasteiger partial charge in [0, 0.05) is 30.7 Å². The van der Waals surface area contributed by atoms with Crippen molar-refractivity contribution < 1.29 is 28.7 Å². The first-order chi connectivity index (χ1) is 11.4. The maximum atomic E-state index is 11.9. The largest absolute Gasteiger partial charge is 0.496 e.